The third-order valence-electron chi connectivity index (χ3n) is 6.37. The Balaban J connectivity index is 1.60. The standard InChI is InChI=1S/C28H31N3O3/c1-4-5-15-29-27(33)20(3)30(17-21-10-6-9-19(2)16-21)25(32)18-31-24-14-8-12-22-11-7-13-23(26(22)24)28(31)34/h6-14,16,20H,4-5,15,17-18H2,1-3H3,(H,29,33). The van der Waals surface area contributed by atoms with Crippen LogP contribution in [0.5, 0.6) is 0 Å². The molecule has 0 aliphatic carbocycles. The molecule has 0 radical (unpaired) electrons. The minimum absolute atomic E-state index is 0.120. The van der Waals surface area contributed by atoms with Crippen molar-refractivity contribution in [2.45, 2.75) is 46.2 Å². The van der Waals surface area contributed by atoms with Crippen LogP contribution in [0.2, 0.25) is 0 Å². The number of hydrogen-bond donors (Lipinski definition) is 1. The van der Waals surface area contributed by atoms with Crippen LogP contribution in [0.25, 0.3) is 10.8 Å². The van der Waals surface area contributed by atoms with Crippen LogP contribution in [0.15, 0.2) is 60.7 Å². The van der Waals surface area contributed by atoms with Gasteiger partial charge in [-0.2, -0.15) is 0 Å². The third-order valence-corrected chi connectivity index (χ3v) is 6.37. The maximum atomic E-state index is 13.6. The van der Waals surface area contributed by atoms with E-state index in [1.165, 1.54) is 4.90 Å². The number of benzene rings is 3. The molecule has 1 N–H and O–H groups in total. The van der Waals surface area contributed by atoms with Crippen molar-refractivity contribution in [1.29, 1.82) is 0 Å². The molecule has 6 nitrogen and oxygen atoms in total. The summed E-state index contributed by atoms with van der Waals surface area (Å²) >= 11 is 0. The number of unbranched alkanes of at least 4 members (excludes halogenated alkanes) is 1. The number of aryl methyl sites for hydroxylation is 1. The summed E-state index contributed by atoms with van der Waals surface area (Å²) in [7, 11) is 0. The molecular formula is C28H31N3O3. The zero-order chi connectivity index (χ0) is 24.2. The van der Waals surface area contributed by atoms with E-state index in [2.05, 4.69) is 12.2 Å². The van der Waals surface area contributed by atoms with E-state index in [1.807, 2.05) is 61.5 Å². The summed E-state index contributed by atoms with van der Waals surface area (Å²) in [4.78, 5) is 42.8. The molecule has 0 fully saturated rings. The summed E-state index contributed by atoms with van der Waals surface area (Å²) < 4.78 is 0. The smallest absolute Gasteiger partial charge is 0.259 e. The zero-order valence-corrected chi connectivity index (χ0v) is 20.0. The number of carbonyl (C=O) groups is 3. The average molecular weight is 458 g/mol. The summed E-state index contributed by atoms with van der Waals surface area (Å²) in [6, 6.07) is 18.6. The number of carbonyl (C=O) groups excluding carboxylic acids is 3. The molecule has 1 aliphatic rings. The van der Waals surface area contributed by atoms with Gasteiger partial charge >= 0.3 is 0 Å². The number of amides is 3. The minimum atomic E-state index is -0.666. The lowest BCUT2D eigenvalue weighted by molar-refractivity contribution is -0.139. The van der Waals surface area contributed by atoms with Crippen molar-refractivity contribution in [2.24, 2.45) is 0 Å². The van der Waals surface area contributed by atoms with E-state index >= 15 is 0 Å². The lowest BCUT2D eigenvalue weighted by Crippen LogP contribution is -2.51. The van der Waals surface area contributed by atoms with Gasteiger partial charge < -0.3 is 10.2 Å². The maximum Gasteiger partial charge on any atom is 0.259 e. The van der Waals surface area contributed by atoms with Crippen LogP contribution in [-0.2, 0) is 16.1 Å². The van der Waals surface area contributed by atoms with Gasteiger partial charge in [-0.15, -0.1) is 0 Å². The monoisotopic (exact) mass is 457 g/mol. The molecule has 0 saturated carbocycles. The Morgan fingerprint density at radius 2 is 1.79 bits per heavy atom. The zero-order valence-electron chi connectivity index (χ0n) is 20.0. The van der Waals surface area contributed by atoms with Crippen LogP contribution >= 0.6 is 0 Å². The van der Waals surface area contributed by atoms with Crippen LogP contribution in [0.4, 0.5) is 5.69 Å². The molecular weight excluding hydrogens is 426 g/mol. The highest BCUT2D eigenvalue weighted by Gasteiger charge is 2.34. The minimum Gasteiger partial charge on any atom is -0.354 e. The van der Waals surface area contributed by atoms with Gasteiger partial charge in [-0.05, 0) is 43.4 Å². The first-order valence-electron chi connectivity index (χ1n) is 11.9. The topological polar surface area (TPSA) is 69.7 Å². The van der Waals surface area contributed by atoms with Gasteiger partial charge in [0, 0.05) is 24.0 Å². The Bertz CT molecular complexity index is 1230. The van der Waals surface area contributed by atoms with Crippen molar-refractivity contribution in [3.05, 3.63) is 77.4 Å². The van der Waals surface area contributed by atoms with Crippen molar-refractivity contribution in [1.82, 2.24) is 10.2 Å². The molecule has 1 aliphatic heterocycles. The highest BCUT2D eigenvalue weighted by Crippen LogP contribution is 2.37. The second-order valence-corrected chi connectivity index (χ2v) is 8.90. The number of anilines is 1. The Hall–Kier alpha value is -3.67. The van der Waals surface area contributed by atoms with Crippen LogP contribution in [0.3, 0.4) is 0 Å². The Labute approximate surface area is 200 Å². The number of nitrogens with one attached hydrogen (secondary N) is 1. The normalized spacial score (nSPS) is 13.3. The summed E-state index contributed by atoms with van der Waals surface area (Å²) in [5, 5.41) is 4.78. The van der Waals surface area contributed by atoms with Crippen molar-refractivity contribution >= 4 is 34.2 Å². The molecule has 0 saturated heterocycles. The fourth-order valence-electron chi connectivity index (χ4n) is 4.49. The molecule has 4 rings (SSSR count). The van der Waals surface area contributed by atoms with Crippen molar-refractivity contribution in [3.8, 4) is 0 Å². The summed E-state index contributed by atoms with van der Waals surface area (Å²) in [5.41, 5.74) is 3.37. The fraction of sp³-hybridized carbons (Fsp3) is 0.321. The van der Waals surface area contributed by atoms with E-state index in [1.54, 1.807) is 17.9 Å². The lowest BCUT2D eigenvalue weighted by Gasteiger charge is -2.30. The van der Waals surface area contributed by atoms with Crippen molar-refractivity contribution in [3.63, 3.8) is 0 Å². The van der Waals surface area contributed by atoms with Gasteiger partial charge in [0.25, 0.3) is 5.91 Å². The van der Waals surface area contributed by atoms with Crippen LogP contribution in [0, 0.1) is 6.92 Å². The number of nitrogens with zero attached hydrogens (tertiary/aromatic N) is 2. The fourth-order valence-corrected chi connectivity index (χ4v) is 4.49. The molecule has 1 unspecified atom stereocenters. The second kappa shape index (κ2) is 10.1. The molecule has 3 aromatic rings. The molecule has 176 valence electrons. The first-order valence-corrected chi connectivity index (χ1v) is 11.9. The van der Waals surface area contributed by atoms with Crippen LogP contribution in [-0.4, -0.2) is 41.8 Å². The van der Waals surface area contributed by atoms with Gasteiger partial charge in [-0.25, -0.2) is 0 Å². The molecule has 3 amide bonds. The molecule has 3 aromatic carbocycles. The lowest BCUT2D eigenvalue weighted by atomic mass is 10.1. The molecule has 0 aromatic heterocycles. The molecule has 1 heterocycles. The Morgan fingerprint density at radius 1 is 1.06 bits per heavy atom. The van der Waals surface area contributed by atoms with Crippen molar-refractivity contribution < 1.29 is 14.4 Å². The third kappa shape index (κ3) is 4.67. The van der Waals surface area contributed by atoms with Gasteiger partial charge in [0.2, 0.25) is 11.8 Å². The molecule has 34 heavy (non-hydrogen) atoms. The van der Waals surface area contributed by atoms with E-state index in [4.69, 9.17) is 0 Å². The first-order chi connectivity index (χ1) is 16.4. The highest BCUT2D eigenvalue weighted by molar-refractivity contribution is 6.26. The average Bonchev–Trinajstić information content (AvgIpc) is 3.10. The van der Waals surface area contributed by atoms with Gasteiger partial charge in [-0.3, -0.25) is 19.3 Å². The number of hydrogen-bond acceptors (Lipinski definition) is 3. The van der Waals surface area contributed by atoms with Gasteiger partial charge in [0.05, 0.1) is 5.69 Å². The van der Waals surface area contributed by atoms with E-state index < -0.39 is 6.04 Å². The van der Waals surface area contributed by atoms with E-state index in [0.29, 0.717) is 18.7 Å². The highest BCUT2D eigenvalue weighted by atomic mass is 16.2. The van der Waals surface area contributed by atoms with Crippen LogP contribution in [0.1, 0.15) is 48.2 Å². The van der Waals surface area contributed by atoms with E-state index in [-0.39, 0.29) is 24.3 Å². The predicted molar refractivity (Wildman–Crippen MR) is 135 cm³/mol. The van der Waals surface area contributed by atoms with Crippen LogP contribution < -0.4 is 10.2 Å². The SMILES string of the molecule is CCCCNC(=O)C(C)N(Cc1cccc(C)c1)C(=O)CN1C(=O)c2cccc3cccc1c23. The Morgan fingerprint density at radius 3 is 2.53 bits per heavy atom. The second-order valence-electron chi connectivity index (χ2n) is 8.90. The molecule has 0 bridgehead atoms. The summed E-state index contributed by atoms with van der Waals surface area (Å²) in [6.07, 6.45) is 1.86. The first kappa shape index (κ1) is 23.5. The number of rotatable bonds is 9. The summed E-state index contributed by atoms with van der Waals surface area (Å²) in [5.74, 6) is -0.638. The largest absolute Gasteiger partial charge is 0.354 e. The predicted octanol–water partition coefficient (Wildman–Crippen LogP) is 4.44. The maximum absolute atomic E-state index is 13.6. The van der Waals surface area contributed by atoms with Gasteiger partial charge in [0.15, 0.2) is 0 Å². The van der Waals surface area contributed by atoms with Gasteiger partial charge in [-0.1, -0.05) is 67.4 Å². The quantitative estimate of drug-likeness (QED) is 0.483. The van der Waals surface area contributed by atoms with Gasteiger partial charge in [0.1, 0.15) is 12.6 Å². The summed E-state index contributed by atoms with van der Waals surface area (Å²) in [6.45, 7) is 6.56. The van der Waals surface area contributed by atoms with Crippen molar-refractivity contribution in [2.75, 3.05) is 18.0 Å². The Kier molecular flexibility index (Phi) is 6.96. The van der Waals surface area contributed by atoms with E-state index in [0.717, 1.165) is 40.4 Å². The molecule has 0 spiro atoms. The molecule has 1 atom stereocenters. The van der Waals surface area contributed by atoms with E-state index in [9.17, 15) is 14.4 Å². The molecule has 6 heteroatoms.